The number of benzene rings is 3. The Labute approximate surface area is 197 Å². The Kier molecular flexibility index (Phi) is 5.73. The molecule has 0 atom stereocenters. The Bertz CT molecular complexity index is 1350. The fourth-order valence-corrected chi connectivity index (χ4v) is 4.63. The number of halogens is 2. The van der Waals surface area contributed by atoms with Crippen LogP contribution in [0.5, 0.6) is 0 Å². The maximum atomic E-state index is 14.2. The molecule has 2 heterocycles. The standard InChI is InChI=1S/C27H23ClFN3O/c1-18-7-2-3-8-19(18)24-17-21(20-9-6-10-22(28)26(20)30-24)27(33)32-15-13-31(14-16-32)25-12-5-4-11-23(25)29/h2-12,17H,13-16H2,1H3. The second kappa shape index (κ2) is 8.83. The highest BCUT2D eigenvalue weighted by atomic mass is 35.5. The number of fused-ring (bicyclic) bond motifs is 1. The van der Waals surface area contributed by atoms with Gasteiger partial charge in [-0.2, -0.15) is 0 Å². The third kappa shape index (κ3) is 4.05. The van der Waals surface area contributed by atoms with Crippen LogP contribution in [-0.4, -0.2) is 42.0 Å². The number of nitrogens with zero attached hydrogens (tertiary/aromatic N) is 3. The van der Waals surface area contributed by atoms with Crippen LogP contribution in [0.25, 0.3) is 22.2 Å². The maximum Gasteiger partial charge on any atom is 0.254 e. The second-order valence-electron chi connectivity index (χ2n) is 8.24. The van der Waals surface area contributed by atoms with Gasteiger partial charge in [-0.3, -0.25) is 4.79 Å². The number of carbonyl (C=O) groups excluding carboxylic acids is 1. The number of aromatic nitrogens is 1. The van der Waals surface area contributed by atoms with Gasteiger partial charge in [0.1, 0.15) is 5.82 Å². The van der Waals surface area contributed by atoms with Gasteiger partial charge >= 0.3 is 0 Å². The van der Waals surface area contributed by atoms with Gasteiger partial charge in [-0.25, -0.2) is 9.37 Å². The minimum Gasteiger partial charge on any atom is -0.366 e. The fraction of sp³-hybridized carbons (Fsp3) is 0.185. The van der Waals surface area contributed by atoms with Crippen molar-refractivity contribution in [3.05, 3.63) is 94.8 Å². The average molecular weight is 460 g/mol. The third-order valence-electron chi connectivity index (χ3n) is 6.20. The Hall–Kier alpha value is -3.44. The minimum absolute atomic E-state index is 0.0623. The van der Waals surface area contributed by atoms with Crippen molar-refractivity contribution in [2.75, 3.05) is 31.1 Å². The molecular weight excluding hydrogens is 437 g/mol. The summed E-state index contributed by atoms with van der Waals surface area (Å²) in [7, 11) is 0. The molecule has 166 valence electrons. The van der Waals surface area contributed by atoms with Gasteiger partial charge in [0, 0.05) is 37.1 Å². The first-order chi connectivity index (χ1) is 16.0. The van der Waals surface area contributed by atoms with Gasteiger partial charge in [0.2, 0.25) is 0 Å². The van der Waals surface area contributed by atoms with E-state index in [4.69, 9.17) is 16.6 Å². The molecule has 33 heavy (non-hydrogen) atoms. The van der Waals surface area contributed by atoms with E-state index in [1.807, 2.05) is 65.3 Å². The second-order valence-corrected chi connectivity index (χ2v) is 8.64. The predicted molar refractivity (Wildman–Crippen MR) is 131 cm³/mol. The van der Waals surface area contributed by atoms with Crippen LogP contribution in [-0.2, 0) is 0 Å². The quantitative estimate of drug-likeness (QED) is 0.379. The van der Waals surface area contributed by atoms with Crippen LogP contribution in [0.4, 0.5) is 10.1 Å². The van der Waals surface area contributed by atoms with Gasteiger partial charge in [-0.15, -0.1) is 0 Å². The summed E-state index contributed by atoms with van der Waals surface area (Å²) in [6.07, 6.45) is 0. The summed E-state index contributed by atoms with van der Waals surface area (Å²) in [6, 6.07) is 22.1. The van der Waals surface area contributed by atoms with Crippen molar-refractivity contribution in [1.82, 2.24) is 9.88 Å². The first-order valence-corrected chi connectivity index (χ1v) is 11.3. The Morgan fingerprint density at radius 3 is 2.42 bits per heavy atom. The smallest absolute Gasteiger partial charge is 0.254 e. The van der Waals surface area contributed by atoms with E-state index in [1.165, 1.54) is 6.07 Å². The van der Waals surface area contributed by atoms with E-state index in [0.717, 1.165) is 22.2 Å². The highest BCUT2D eigenvalue weighted by Gasteiger charge is 2.26. The SMILES string of the molecule is Cc1ccccc1-c1cc(C(=O)N2CCN(c3ccccc3F)CC2)c2cccc(Cl)c2n1. The molecule has 1 aliphatic heterocycles. The maximum absolute atomic E-state index is 14.2. The summed E-state index contributed by atoms with van der Waals surface area (Å²) in [5.41, 5.74) is 4.55. The van der Waals surface area contributed by atoms with Crippen LogP contribution in [0.15, 0.2) is 72.8 Å². The van der Waals surface area contributed by atoms with Gasteiger partial charge in [0.05, 0.1) is 27.5 Å². The molecule has 0 bridgehead atoms. The summed E-state index contributed by atoms with van der Waals surface area (Å²) < 4.78 is 14.2. The van der Waals surface area contributed by atoms with Crippen molar-refractivity contribution in [3.63, 3.8) is 0 Å². The molecule has 4 nitrogen and oxygen atoms in total. The number of hydrogen-bond acceptors (Lipinski definition) is 3. The van der Waals surface area contributed by atoms with Crippen molar-refractivity contribution in [2.24, 2.45) is 0 Å². The lowest BCUT2D eigenvalue weighted by Crippen LogP contribution is -2.49. The van der Waals surface area contributed by atoms with E-state index in [2.05, 4.69) is 0 Å². The van der Waals surface area contributed by atoms with Gasteiger partial charge in [-0.1, -0.05) is 60.1 Å². The molecule has 6 heteroatoms. The molecule has 0 saturated carbocycles. The van der Waals surface area contributed by atoms with Crippen molar-refractivity contribution in [1.29, 1.82) is 0 Å². The average Bonchev–Trinajstić information content (AvgIpc) is 2.84. The van der Waals surface area contributed by atoms with Gasteiger partial charge < -0.3 is 9.80 Å². The molecule has 3 aromatic carbocycles. The first kappa shape index (κ1) is 21.4. The Morgan fingerprint density at radius 2 is 1.67 bits per heavy atom. The van der Waals surface area contributed by atoms with Crippen molar-refractivity contribution >= 4 is 34.1 Å². The highest BCUT2D eigenvalue weighted by Crippen LogP contribution is 2.31. The number of hydrogen-bond donors (Lipinski definition) is 0. The van der Waals surface area contributed by atoms with Crippen LogP contribution in [0.1, 0.15) is 15.9 Å². The molecule has 0 spiro atoms. The van der Waals surface area contributed by atoms with E-state index < -0.39 is 0 Å². The van der Waals surface area contributed by atoms with Crippen molar-refractivity contribution < 1.29 is 9.18 Å². The molecule has 0 unspecified atom stereocenters. The number of rotatable bonds is 3. The number of anilines is 1. The molecule has 1 saturated heterocycles. The number of pyridine rings is 1. The molecule has 0 N–H and O–H groups in total. The van der Waals surface area contributed by atoms with Crippen LogP contribution in [0.3, 0.4) is 0 Å². The fourth-order valence-electron chi connectivity index (χ4n) is 4.42. The summed E-state index contributed by atoms with van der Waals surface area (Å²) in [6.45, 7) is 4.19. The minimum atomic E-state index is -0.241. The summed E-state index contributed by atoms with van der Waals surface area (Å²) in [5.74, 6) is -0.303. The van der Waals surface area contributed by atoms with Gasteiger partial charge in [-0.05, 0) is 36.8 Å². The summed E-state index contributed by atoms with van der Waals surface area (Å²) in [5, 5.41) is 1.25. The van der Waals surface area contributed by atoms with Crippen molar-refractivity contribution in [2.45, 2.75) is 6.92 Å². The number of aryl methyl sites for hydroxylation is 1. The lowest BCUT2D eigenvalue weighted by Gasteiger charge is -2.36. The largest absolute Gasteiger partial charge is 0.366 e. The molecule has 1 fully saturated rings. The third-order valence-corrected chi connectivity index (χ3v) is 6.51. The molecule has 1 amide bonds. The van der Waals surface area contributed by atoms with Gasteiger partial charge in [0.25, 0.3) is 5.91 Å². The molecule has 0 aliphatic carbocycles. The van der Waals surface area contributed by atoms with Crippen LogP contribution < -0.4 is 4.90 Å². The number of para-hydroxylation sites is 2. The normalized spacial score (nSPS) is 14.0. The summed E-state index contributed by atoms with van der Waals surface area (Å²) >= 11 is 6.49. The Balaban J connectivity index is 1.49. The lowest BCUT2D eigenvalue weighted by atomic mass is 10.00. The predicted octanol–water partition coefficient (Wildman–Crippen LogP) is 5.97. The molecule has 1 aromatic heterocycles. The number of amides is 1. The number of piperazine rings is 1. The monoisotopic (exact) mass is 459 g/mol. The Morgan fingerprint density at radius 1 is 0.939 bits per heavy atom. The topological polar surface area (TPSA) is 36.4 Å². The van der Waals surface area contributed by atoms with Crippen molar-refractivity contribution in [3.8, 4) is 11.3 Å². The van der Waals surface area contributed by atoms with E-state index in [-0.39, 0.29) is 11.7 Å². The van der Waals surface area contributed by atoms with E-state index in [9.17, 15) is 9.18 Å². The van der Waals surface area contributed by atoms with Crippen LogP contribution in [0.2, 0.25) is 5.02 Å². The molecular formula is C27H23ClFN3O. The summed E-state index contributed by atoms with van der Waals surface area (Å²) in [4.78, 5) is 22.3. The molecule has 4 aromatic rings. The molecule has 1 aliphatic rings. The highest BCUT2D eigenvalue weighted by molar-refractivity contribution is 6.35. The zero-order chi connectivity index (χ0) is 22.9. The van der Waals surface area contributed by atoms with E-state index in [1.54, 1.807) is 18.2 Å². The first-order valence-electron chi connectivity index (χ1n) is 11.0. The van der Waals surface area contributed by atoms with Crippen LogP contribution in [0, 0.1) is 12.7 Å². The van der Waals surface area contributed by atoms with E-state index in [0.29, 0.717) is 48.0 Å². The zero-order valence-electron chi connectivity index (χ0n) is 18.3. The zero-order valence-corrected chi connectivity index (χ0v) is 19.0. The van der Waals surface area contributed by atoms with Crippen LogP contribution >= 0.6 is 11.6 Å². The lowest BCUT2D eigenvalue weighted by molar-refractivity contribution is 0.0748. The van der Waals surface area contributed by atoms with Gasteiger partial charge in [0.15, 0.2) is 0 Å². The van der Waals surface area contributed by atoms with E-state index >= 15 is 0 Å². The number of carbonyl (C=O) groups is 1. The molecule has 5 rings (SSSR count). The molecule has 0 radical (unpaired) electrons.